The van der Waals surface area contributed by atoms with Crippen molar-refractivity contribution in [3.8, 4) is 0 Å². The van der Waals surface area contributed by atoms with Crippen molar-refractivity contribution in [3.63, 3.8) is 0 Å². The smallest absolute Gasteiger partial charge is 0.366 e. The molecule has 5 aliphatic rings. The van der Waals surface area contributed by atoms with E-state index in [9.17, 15) is 27.6 Å². The largest absolute Gasteiger partial charge is 0.416 e. The summed E-state index contributed by atoms with van der Waals surface area (Å²) in [7, 11) is 1.50. The Hall–Kier alpha value is -4.04. The number of hydrogen-bond acceptors (Lipinski definition) is 7. The molecule has 0 bridgehead atoms. The first-order chi connectivity index (χ1) is 22.8. The van der Waals surface area contributed by atoms with Gasteiger partial charge in [-0.3, -0.25) is 29.1 Å². The van der Waals surface area contributed by atoms with Crippen LogP contribution < -0.4 is 14.7 Å². The van der Waals surface area contributed by atoms with Crippen molar-refractivity contribution in [1.82, 2.24) is 19.7 Å². The Labute approximate surface area is 276 Å². The van der Waals surface area contributed by atoms with Gasteiger partial charge in [-0.05, 0) is 56.7 Å². The minimum absolute atomic E-state index is 0.0698. The van der Waals surface area contributed by atoms with Gasteiger partial charge in [0.1, 0.15) is 17.7 Å². The zero-order chi connectivity index (χ0) is 34.1. The number of benzene rings is 1. The van der Waals surface area contributed by atoms with Crippen molar-refractivity contribution in [1.29, 1.82) is 0 Å². The lowest BCUT2D eigenvalue weighted by Gasteiger charge is -2.61. The van der Waals surface area contributed by atoms with Gasteiger partial charge in [0.25, 0.3) is 0 Å². The van der Waals surface area contributed by atoms with E-state index in [0.717, 1.165) is 49.5 Å². The van der Waals surface area contributed by atoms with Crippen LogP contribution >= 0.6 is 0 Å². The van der Waals surface area contributed by atoms with Gasteiger partial charge < -0.3 is 14.7 Å². The van der Waals surface area contributed by atoms with Gasteiger partial charge in [-0.15, -0.1) is 0 Å². The first kappa shape index (κ1) is 32.5. The second-order valence-electron chi connectivity index (χ2n) is 13.8. The first-order valence-corrected chi connectivity index (χ1v) is 16.4. The summed E-state index contributed by atoms with van der Waals surface area (Å²) >= 11 is 0. The van der Waals surface area contributed by atoms with Crippen molar-refractivity contribution in [2.75, 3.05) is 74.1 Å². The molecular weight excluding hydrogens is 630 g/mol. The number of likely N-dealkylation sites (N-methyl/N-ethyl adjacent to an activating group) is 1. The highest BCUT2D eigenvalue weighted by Gasteiger charge is 2.55. The van der Waals surface area contributed by atoms with Crippen LogP contribution in [0.5, 0.6) is 0 Å². The molecule has 0 N–H and O–H groups in total. The fourth-order valence-corrected chi connectivity index (χ4v) is 8.65. The minimum atomic E-state index is -4.67. The van der Waals surface area contributed by atoms with Crippen LogP contribution in [-0.2, 0) is 20.6 Å². The maximum absolute atomic E-state index is 15.7. The molecule has 0 unspecified atom stereocenters. The third-order valence-electron chi connectivity index (χ3n) is 10.7. The molecule has 0 saturated carbocycles. The Balaban J connectivity index is 1.18. The number of anilines is 3. The topological polar surface area (TPSA) is 83.5 Å². The van der Waals surface area contributed by atoms with E-state index >= 15 is 4.39 Å². The number of amides is 3. The van der Waals surface area contributed by atoms with E-state index in [1.807, 2.05) is 9.80 Å². The van der Waals surface area contributed by atoms with Gasteiger partial charge in [0.2, 0.25) is 17.7 Å². The highest BCUT2D eigenvalue weighted by molar-refractivity contribution is 6.10. The fourth-order valence-electron chi connectivity index (χ4n) is 8.65. The van der Waals surface area contributed by atoms with Crippen LogP contribution in [0.25, 0.3) is 0 Å². The van der Waals surface area contributed by atoms with Crippen molar-refractivity contribution in [3.05, 3.63) is 60.1 Å². The van der Waals surface area contributed by atoms with E-state index < -0.39 is 41.3 Å². The summed E-state index contributed by atoms with van der Waals surface area (Å²) in [5, 5.41) is 0. The Kier molecular flexibility index (Phi) is 8.01. The number of para-hydroxylation sites is 1. The molecule has 1 aromatic carbocycles. The SMILES string of the molecule is C=CC(=O)N1CC2(CN(CCN3C[C@H]4CC(=O)N(c5cc(C(F)(F)F)cc(C)n5)[C@@H]4C(=O)N(C)c4cccc(F)c43)C[C@H]3CCCN32)C1. The highest BCUT2D eigenvalue weighted by Crippen LogP contribution is 2.42. The molecule has 10 nitrogen and oxygen atoms in total. The summed E-state index contributed by atoms with van der Waals surface area (Å²) in [6, 6.07) is 5.45. The second kappa shape index (κ2) is 11.8. The molecule has 256 valence electrons. The number of aromatic nitrogens is 1. The fraction of sp³-hybridized carbons (Fsp3) is 0.529. The van der Waals surface area contributed by atoms with Crippen molar-refractivity contribution in [2.45, 2.75) is 50.0 Å². The molecule has 1 spiro atoms. The van der Waals surface area contributed by atoms with E-state index in [-0.39, 0.29) is 41.6 Å². The zero-order valence-electron chi connectivity index (χ0n) is 27.0. The van der Waals surface area contributed by atoms with Crippen molar-refractivity contribution in [2.24, 2.45) is 5.92 Å². The predicted molar refractivity (Wildman–Crippen MR) is 171 cm³/mol. The standard InChI is InChI=1S/C34H39F4N7O3/c1-4-28(46)43-19-33(20-43)18-41(17-24-7-6-10-44(24)33)11-12-42-16-22-14-29(47)45(27-15-23(34(36,37)38)13-21(2)39-27)30(22)32(48)40(3)26-9-5-8-25(35)31(26)42/h4-5,8-9,13,15,22,24,30H,1,6-7,10-12,14,16-20H2,2-3H3/t22-,24-,30+/m1/s1. The van der Waals surface area contributed by atoms with Crippen molar-refractivity contribution < 1.29 is 31.9 Å². The molecule has 0 aliphatic carbocycles. The monoisotopic (exact) mass is 669 g/mol. The molecule has 3 atom stereocenters. The lowest BCUT2D eigenvalue weighted by molar-refractivity contribution is -0.150. The number of pyridine rings is 1. The number of rotatable bonds is 5. The van der Waals surface area contributed by atoms with E-state index in [1.165, 1.54) is 37.1 Å². The van der Waals surface area contributed by atoms with Gasteiger partial charge in [-0.1, -0.05) is 12.6 Å². The third-order valence-corrected chi connectivity index (χ3v) is 10.7. The van der Waals surface area contributed by atoms with Crippen LogP contribution in [0.3, 0.4) is 0 Å². The third kappa shape index (κ3) is 5.42. The quantitative estimate of drug-likeness (QED) is 0.357. The Morgan fingerprint density at radius 2 is 1.90 bits per heavy atom. The van der Waals surface area contributed by atoms with E-state index in [4.69, 9.17) is 0 Å². The van der Waals surface area contributed by atoms with Gasteiger partial charge in [0, 0.05) is 76.9 Å². The Bertz CT molecular complexity index is 1660. The highest BCUT2D eigenvalue weighted by atomic mass is 19.4. The summed E-state index contributed by atoms with van der Waals surface area (Å²) in [4.78, 5) is 55.2. The van der Waals surface area contributed by atoms with Crippen LogP contribution in [0.15, 0.2) is 43.0 Å². The summed E-state index contributed by atoms with van der Waals surface area (Å²) < 4.78 is 57.0. The van der Waals surface area contributed by atoms with Crippen LogP contribution in [0.4, 0.5) is 34.8 Å². The molecule has 3 amide bonds. The van der Waals surface area contributed by atoms with E-state index in [2.05, 4.69) is 21.4 Å². The molecule has 5 aliphatic heterocycles. The summed E-state index contributed by atoms with van der Waals surface area (Å²) in [6.07, 6.45) is -1.27. The number of fused-ring (bicyclic) bond motifs is 4. The number of halogens is 4. The lowest BCUT2D eigenvalue weighted by Crippen LogP contribution is -2.78. The lowest BCUT2D eigenvalue weighted by atomic mass is 9.83. The number of nitrogens with zero attached hydrogens (tertiary/aromatic N) is 7. The van der Waals surface area contributed by atoms with Crippen LogP contribution in [0, 0.1) is 18.7 Å². The minimum Gasteiger partial charge on any atom is -0.366 e. The van der Waals surface area contributed by atoms with Gasteiger partial charge >= 0.3 is 6.18 Å². The molecule has 4 fully saturated rings. The van der Waals surface area contributed by atoms with Crippen molar-refractivity contribution >= 4 is 34.9 Å². The zero-order valence-corrected chi connectivity index (χ0v) is 27.0. The number of carbonyl (C=O) groups is 3. The Morgan fingerprint density at radius 3 is 2.62 bits per heavy atom. The molecule has 48 heavy (non-hydrogen) atoms. The number of likely N-dealkylation sites (tertiary alicyclic amines) is 1. The maximum Gasteiger partial charge on any atom is 0.416 e. The predicted octanol–water partition coefficient (Wildman–Crippen LogP) is 3.30. The molecule has 6 heterocycles. The summed E-state index contributed by atoms with van der Waals surface area (Å²) in [5.41, 5.74) is -0.457. The van der Waals surface area contributed by atoms with Gasteiger partial charge in [-0.2, -0.15) is 13.2 Å². The molecule has 2 aromatic rings. The maximum atomic E-state index is 15.7. The van der Waals surface area contributed by atoms with Crippen LogP contribution in [-0.4, -0.2) is 114 Å². The number of aryl methyl sites for hydroxylation is 1. The van der Waals surface area contributed by atoms with Gasteiger partial charge in [-0.25, -0.2) is 9.37 Å². The normalized spacial score (nSPS) is 25.8. The molecule has 14 heteroatoms. The number of carbonyl (C=O) groups excluding carboxylic acids is 3. The number of alkyl halides is 3. The molecule has 4 saturated heterocycles. The molecule has 1 aromatic heterocycles. The average Bonchev–Trinajstić information content (AvgIpc) is 3.63. The first-order valence-electron chi connectivity index (χ1n) is 16.4. The van der Waals surface area contributed by atoms with E-state index in [0.29, 0.717) is 37.9 Å². The summed E-state index contributed by atoms with van der Waals surface area (Å²) in [6.45, 7) is 10.0. The number of piperazine rings is 1. The van der Waals surface area contributed by atoms with Crippen LogP contribution in [0.2, 0.25) is 0 Å². The molecule has 0 radical (unpaired) electrons. The average molecular weight is 670 g/mol. The second-order valence-corrected chi connectivity index (χ2v) is 13.8. The summed E-state index contributed by atoms with van der Waals surface area (Å²) in [5.74, 6) is -2.46. The molecule has 7 rings (SSSR count). The van der Waals surface area contributed by atoms with Gasteiger partial charge in [0.15, 0.2) is 0 Å². The number of hydrogen-bond donors (Lipinski definition) is 0. The van der Waals surface area contributed by atoms with Gasteiger partial charge in [0.05, 0.1) is 22.5 Å². The molecular formula is C34H39F4N7O3. The van der Waals surface area contributed by atoms with Crippen LogP contribution in [0.1, 0.15) is 30.5 Å². The van der Waals surface area contributed by atoms with E-state index in [1.54, 1.807) is 6.07 Å². The Morgan fingerprint density at radius 1 is 1.12 bits per heavy atom.